The summed E-state index contributed by atoms with van der Waals surface area (Å²) >= 11 is 0. The average molecular weight is 359 g/mol. The highest BCUT2D eigenvalue weighted by molar-refractivity contribution is 5.98. The van der Waals surface area contributed by atoms with Gasteiger partial charge in [-0.1, -0.05) is 38.3 Å². The molecule has 26 heavy (non-hydrogen) atoms. The van der Waals surface area contributed by atoms with Gasteiger partial charge in [0.05, 0.1) is 12.8 Å². The molecule has 1 fully saturated rings. The van der Waals surface area contributed by atoms with E-state index in [2.05, 4.69) is 17.9 Å². The number of methoxy groups -OCH3 is 1. The summed E-state index contributed by atoms with van der Waals surface area (Å²) in [5, 5.41) is 0. The number of para-hydroxylation sites is 1. The van der Waals surface area contributed by atoms with Crippen molar-refractivity contribution in [1.29, 1.82) is 0 Å². The summed E-state index contributed by atoms with van der Waals surface area (Å²) in [5.74, 6) is 2.00. The lowest BCUT2D eigenvalue weighted by atomic mass is 9.91. The van der Waals surface area contributed by atoms with Crippen molar-refractivity contribution in [2.45, 2.75) is 58.3 Å². The van der Waals surface area contributed by atoms with Crippen LogP contribution in [0.25, 0.3) is 0 Å². The highest BCUT2D eigenvalue weighted by Gasteiger charge is 2.27. The van der Waals surface area contributed by atoms with Crippen LogP contribution < -0.4 is 9.64 Å². The van der Waals surface area contributed by atoms with Crippen molar-refractivity contribution >= 4 is 11.6 Å². The van der Waals surface area contributed by atoms with Crippen molar-refractivity contribution in [2.75, 3.05) is 38.2 Å². The highest BCUT2D eigenvalue weighted by Crippen LogP contribution is 2.36. The molecule has 4 heteroatoms. The number of likely N-dealkylation sites (tertiary alicyclic amines) is 1. The fourth-order valence-corrected chi connectivity index (χ4v) is 4.42. The predicted molar refractivity (Wildman–Crippen MR) is 107 cm³/mol. The van der Waals surface area contributed by atoms with E-state index in [9.17, 15) is 4.79 Å². The second-order valence-electron chi connectivity index (χ2n) is 7.79. The second-order valence-corrected chi connectivity index (χ2v) is 7.79. The Hall–Kier alpha value is -1.55. The van der Waals surface area contributed by atoms with E-state index in [0.29, 0.717) is 6.42 Å². The largest absolute Gasteiger partial charge is 0.495 e. The van der Waals surface area contributed by atoms with E-state index in [-0.39, 0.29) is 5.91 Å². The first-order valence-electron chi connectivity index (χ1n) is 10.4. The minimum absolute atomic E-state index is 0.236. The SMILES string of the molecule is CCCCC1CCN(CCCN2C(=O)CCc3cccc(OC)c32)CC1. The summed E-state index contributed by atoms with van der Waals surface area (Å²) in [7, 11) is 1.69. The van der Waals surface area contributed by atoms with Gasteiger partial charge in [0.25, 0.3) is 0 Å². The smallest absolute Gasteiger partial charge is 0.227 e. The number of anilines is 1. The number of hydrogen-bond acceptors (Lipinski definition) is 3. The van der Waals surface area contributed by atoms with E-state index in [1.807, 2.05) is 17.0 Å². The van der Waals surface area contributed by atoms with Crippen molar-refractivity contribution in [1.82, 2.24) is 4.90 Å². The molecule has 2 heterocycles. The zero-order chi connectivity index (χ0) is 18.4. The number of amides is 1. The quantitative estimate of drug-likeness (QED) is 0.696. The van der Waals surface area contributed by atoms with Crippen LogP contribution in [0.4, 0.5) is 5.69 Å². The lowest BCUT2D eigenvalue weighted by Crippen LogP contribution is -2.39. The van der Waals surface area contributed by atoms with Gasteiger partial charge in [0.1, 0.15) is 5.75 Å². The molecule has 0 saturated carbocycles. The van der Waals surface area contributed by atoms with Crippen LogP contribution in [0.2, 0.25) is 0 Å². The Morgan fingerprint density at radius 2 is 1.92 bits per heavy atom. The Morgan fingerprint density at radius 1 is 1.12 bits per heavy atom. The Kier molecular flexibility index (Phi) is 6.95. The number of fused-ring (bicyclic) bond motifs is 1. The van der Waals surface area contributed by atoms with Crippen molar-refractivity contribution < 1.29 is 9.53 Å². The number of aryl methyl sites for hydroxylation is 1. The molecule has 0 spiro atoms. The Labute approximate surface area is 158 Å². The molecule has 4 nitrogen and oxygen atoms in total. The number of nitrogens with zero attached hydrogens (tertiary/aromatic N) is 2. The van der Waals surface area contributed by atoms with Crippen LogP contribution in [0.5, 0.6) is 5.75 Å². The molecule has 2 aliphatic rings. The van der Waals surface area contributed by atoms with Crippen LogP contribution in [0.15, 0.2) is 18.2 Å². The van der Waals surface area contributed by atoms with Gasteiger partial charge in [0, 0.05) is 13.0 Å². The monoisotopic (exact) mass is 358 g/mol. The number of ether oxygens (including phenoxy) is 1. The number of carbonyl (C=O) groups is 1. The molecule has 1 saturated heterocycles. The summed E-state index contributed by atoms with van der Waals surface area (Å²) in [6, 6.07) is 6.11. The minimum Gasteiger partial charge on any atom is -0.495 e. The first kappa shape index (κ1) is 19.2. The van der Waals surface area contributed by atoms with Crippen molar-refractivity contribution in [3.05, 3.63) is 23.8 Å². The molecule has 0 radical (unpaired) electrons. The molecule has 1 amide bonds. The molecular weight excluding hydrogens is 324 g/mol. The van der Waals surface area contributed by atoms with Crippen LogP contribution in [0.1, 0.15) is 57.4 Å². The second kappa shape index (κ2) is 9.40. The molecule has 1 aromatic carbocycles. The number of benzene rings is 1. The average Bonchev–Trinajstić information content (AvgIpc) is 2.68. The van der Waals surface area contributed by atoms with E-state index in [1.54, 1.807) is 7.11 Å². The molecule has 0 bridgehead atoms. The van der Waals surface area contributed by atoms with Crippen LogP contribution in [-0.4, -0.2) is 44.1 Å². The highest BCUT2D eigenvalue weighted by atomic mass is 16.5. The molecule has 2 aliphatic heterocycles. The van der Waals surface area contributed by atoms with Gasteiger partial charge in [-0.2, -0.15) is 0 Å². The van der Waals surface area contributed by atoms with Gasteiger partial charge < -0.3 is 14.5 Å². The molecule has 0 unspecified atom stereocenters. The molecule has 0 N–H and O–H groups in total. The van der Waals surface area contributed by atoms with Crippen LogP contribution in [0.3, 0.4) is 0 Å². The first-order valence-corrected chi connectivity index (χ1v) is 10.4. The van der Waals surface area contributed by atoms with Crippen molar-refractivity contribution in [2.24, 2.45) is 5.92 Å². The Bertz CT molecular complexity index is 580. The number of unbranched alkanes of at least 4 members (excludes halogenated alkanes) is 1. The number of rotatable bonds is 8. The summed E-state index contributed by atoms with van der Waals surface area (Å²) in [6.45, 7) is 6.62. The maximum atomic E-state index is 12.5. The number of carbonyl (C=O) groups excluding carboxylic acids is 1. The fourth-order valence-electron chi connectivity index (χ4n) is 4.42. The topological polar surface area (TPSA) is 32.8 Å². The van der Waals surface area contributed by atoms with Gasteiger partial charge in [0.2, 0.25) is 5.91 Å². The molecule has 144 valence electrons. The minimum atomic E-state index is 0.236. The lowest BCUT2D eigenvalue weighted by molar-refractivity contribution is -0.118. The van der Waals surface area contributed by atoms with E-state index in [0.717, 1.165) is 43.3 Å². The van der Waals surface area contributed by atoms with Gasteiger partial charge in [-0.15, -0.1) is 0 Å². The van der Waals surface area contributed by atoms with Crippen molar-refractivity contribution in [3.63, 3.8) is 0 Å². The van der Waals surface area contributed by atoms with Crippen LogP contribution in [-0.2, 0) is 11.2 Å². The standard InChI is InChI=1S/C22H34N2O2/c1-3-4-7-18-12-16-23(17-13-18)14-6-15-24-21(25)11-10-19-8-5-9-20(26-2)22(19)24/h5,8-9,18H,3-4,6-7,10-17H2,1-2H3. The normalized spacial score (nSPS) is 18.8. The maximum Gasteiger partial charge on any atom is 0.227 e. The fraction of sp³-hybridized carbons (Fsp3) is 0.682. The van der Waals surface area contributed by atoms with Gasteiger partial charge in [-0.3, -0.25) is 4.79 Å². The van der Waals surface area contributed by atoms with Gasteiger partial charge in [0.15, 0.2) is 0 Å². The van der Waals surface area contributed by atoms with Gasteiger partial charge >= 0.3 is 0 Å². The van der Waals surface area contributed by atoms with E-state index < -0.39 is 0 Å². The third kappa shape index (κ3) is 4.59. The third-order valence-corrected chi connectivity index (χ3v) is 6.01. The maximum absolute atomic E-state index is 12.5. The molecule has 0 aromatic heterocycles. The molecule has 0 atom stereocenters. The molecular formula is C22H34N2O2. The zero-order valence-corrected chi connectivity index (χ0v) is 16.5. The van der Waals surface area contributed by atoms with E-state index in [1.165, 1.54) is 50.8 Å². The lowest BCUT2D eigenvalue weighted by Gasteiger charge is -2.34. The molecule has 0 aliphatic carbocycles. The number of hydrogen-bond donors (Lipinski definition) is 0. The van der Waals surface area contributed by atoms with Crippen molar-refractivity contribution in [3.8, 4) is 5.75 Å². The van der Waals surface area contributed by atoms with Gasteiger partial charge in [-0.25, -0.2) is 0 Å². The zero-order valence-electron chi connectivity index (χ0n) is 16.5. The predicted octanol–water partition coefficient (Wildman–Crippen LogP) is 4.27. The molecule has 3 rings (SSSR count). The Morgan fingerprint density at radius 3 is 2.65 bits per heavy atom. The number of piperidine rings is 1. The third-order valence-electron chi connectivity index (χ3n) is 6.01. The summed E-state index contributed by atoms with van der Waals surface area (Å²) in [4.78, 5) is 17.1. The summed E-state index contributed by atoms with van der Waals surface area (Å²) in [5.41, 5.74) is 2.24. The van der Waals surface area contributed by atoms with Gasteiger partial charge in [-0.05, 0) is 62.9 Å². The first-order chi connectivity index (χ1) is 12.7. The summed E-state index contributed by atoms with van der Waals surface area (Å²) < 4.78 is 5.53. The van der Waals surface area contributed by atoms with E-state index in [4.69, 9.17) is 4.74 Å². The Balaban J connectivity index is 1.51. The van der Waals surface area contributed by atoms with Crippen LogP contribution in [0, 0.1) is 5.92 Å². The summed E-state index contributed by atoms with van der Waals surface area (Å²) in [6.07, 6.45) is 9.26. The molecule has 1 aromatic rings. The van der Waals surface area contributed by atoms with E-state index >= 15 is 0 Å². The van der Waals surface area contributed by atoms with Crippen LogP contribution >= 0.6 is 0 Å².